The van der Waals surface area contributed by atoms with Gasteiger partial charge in [0, 0.05) is 5.56 Å². The first-order chi connectivity index (χ1) is 13.5. The molecule has 0 unspecified atom stereocenters. The van der Waals surface area contributed by atoms with Gasteiger partial charge in [0.2, 0.25) is 0 Å². The number of hydrazone groups is 1. The fraction of sp³-hybridized carbons (Fsp3) is 0.346. The molecule has 0 spiro atoms. The third kappa shape index (κ3) is 5.36. The fourth-order valence-electron chi connectivity index (χ4n) is 3.05. The fourth-order valence-corrected chi connectivity index (χ4v) is 3.79. The molecule has 29 heavy (non-hydrogen) atoms. The van der Waals surface area contributed by atoms with Crippen LogP contribution in [0.1, 0.15) is 68.7 Å². The summed E-state index contributed by atoms with van der Waals surface area (Å²) in [4.78, 5) is 1.16. The molecule has 0 saturated carbocycles. The average molecular weight is 405 g/mol. The third-order valence-corrected chi connectivity index (χ3v) is 5.92. The Balaban J connectivity index is 2.12. The van der Waals surface area contributed by atoms with E-state index in [4.69, 9.17) is 5.10 Å². The van der Waals surface area contributed by atoms with E-state index in [1.54, 1.807) is 11.3 Å². The molecule has 2 aromatic carbocycles. The number of hydrogen-bond acceptors (Lipinski definition) is 3. The minimum atomic E-state index is 0.0704. The summed E-state index contributed by atoms with van der Waals surface area (Å²) in [5.41, 5.74) is 10.5. The summed E-state index contributed by atoms with van der Waals surface area (Å²) >= 11 is 1.72. The molecule has 0 bridgehead atoms. The normalized spacial score (nSPS) is 12.9. The molecule has 2 nitrogen and oxygen atoms in total. The minimum Gasteiger partial charge on any atom is -0.278 e. The van der Waals surface area contributed by atoms with Gasteiger partial charge in [0.05, 0.1) is 10.6 Å². The summed E-state index contributed by atoms with van der Waals surface area (Å²) in [6, 6.07) is 19.5. The second-order valence-electron chi connectivity index (χ2n) is 9.71. The lowest BCUT2D eigenvalue weighted by atomic mass is 9.79. The van der Waals surface area contributed by atoms with Crippen LogP contribution in [0, 0.1) is 6.92 Å². The Kier molecular flexibility index (Phi) is 6.00. The van der Waals surface area contributed by atoms with Gasteiger partial charge in [-0.2, -0.15) is 5.10 Å². The van der Waals surface area contributed by atoms with Crippen LogP contribution in [-0.2, 0) is 10.8 Å². The van der Waals surface area contributed by atoms with Gasteiger partial charge in [-0.05, 0) is 64.6 Å². The van der Waals surface area contributed by atoms with E-state index in [0.717, 1.165) is 21.8 Å². The zero-order chi connectivity index (χ0) is 21.2. The molecule has 0 amide bonds. The van der Waals surface area contributed by atoms with E-state index in [-0.39, 0.29) is 10.8 Å². The SMILES string of the molecule is Cc1ccc(N/N=C(/c2cc(C(C)(C)C)cc(C(C)(C)C)c2)c2cccs2)cc1. The second-order valence-corrected chi connectivity index (χ2v) is 10.7. The smallest absolute Gasteiger partial charge is 0.108 e. The molecule has 0 aliphatic rings. The first-order valence-corrected chi connectivity index (χ1v) is 11.0. The van der Waals surface area contributed by atoms with Crippen LogP contribution in [-0.4, -0.2) is 5.71 Å². The Labute approximate surface area is 179 Å². The van der Waals surface area contributed by atoms with Gasteiger partial charge in [0.1, 0.15) is 5.71 Å². The summed E-state index contributed by atoms with van der Waals surface area (Å²) in [5.74, 6) is 0. The minimum absolute atomic E-state index is 0.0704. The van der Waals surface area contributed by atoms with Crippen molar-refractivity contribution in [2.45, 2.75) is 59.3 Å². The lowest BCUT2D eigenvalue weighted by molar-refractivity contribution is 0.568. The van der Waals surface area contributed by atoms with Crippen LogP contribution in [0.15, 0.2) is 65.1 Å². The third-order valence-electron chi connectivity index (χ3n) is 5.04. The van der Waals surface area contributed by atoms with Crippen LogP contribution in [0.5, 0.6) is 0 Å². The average Bonchev–Trinajstić information content (AvgIpc) is 3.16. The quantitative estimate of drug-likeness (QED) is 0.353. The van der Waals surface area contributed by atoms with Crippen LogP contribution in [0.4, 0.5) is 5.69 Å². The monoisotopic (exact) mass is 404 g/mol. The number of hydrogen-bond donors (Lipinski definition) is 1. The van der Waals surface area contributed by atoms with E-state index in [9.17, 15) is 0 Å². The zero-order valence-corrected chi connectivity index (χ0v) is 19.4. The molecule has 1 heterocycles. The molecule has 0 aliphatic heterocycles. The number of benzene rings is 2. The number of nitrogens with one attached hydrogen (secondary N) is 1. The molecule has 152 valence electrons. The molecule has 0 fully saturated rings. The van der Waals surface area contributed by atoms with Crippen LogP contribution >= 0.6 is 11.3 Å². The van der Waals surface area contributed by atoms with Crippen molar-refractivity contribution in [3.05, 3.63) is 87.1 Å². The molecule has 1 N–H and O–H groups in total. The Morgan fingerprint density at radius 3 is 1.90 bits per heavy atom. The molecule has 0 saturated heterocycles. The Bertz CT molecular complexity index is 950. The van der Waals surface area contributed by atoms with Gasteiger partial charge in [-0.25, -0.2) is 0 Å². The van der Waals surface area contributed by atoms with E-state index < -0.39 is 0 Å². The predicted octanol–water partition coefficient (Wildman–Crippen LogP) is 7.52. The van der Waals surface area contributed by atoms with Crippen LogP contribution in [0.25, 0.3) is 0 Å². The van der Waals surface area contributed by atoms with Crippen LogP contribution in [0.2, 0.25) is 0 Å². The summed E-state index contributed by atoms with van der Waals surface area (Å²) in [6.45, 7) is 15.7. The van der Waals surface area contributed by atoms with Crippen molar-refractivity contribution in [1.82, 2.24) is 0 Å². The van der Waals surface area contributed by atoms with Gasteiger partial charge in [0.25, 0.3) is 0 Å². The van der Waals surface area contributed by atoms with Crippen molar-refractivity contribution in [2.75, 3.05) is 5.43 Å². The first kappa shape index (κ1) is 21.3. The van der Waals surface area contributed by atoms with Gasteiger partial charge in [-0.15, -0.1) is 11.3 Å². The van der Waals surface area contributed by atoms with Crippen LogP contribution < -0.4 is 5.43 Å². The van der Waals surface area contributed by atoms with Crippen molar-refractivity contribution in [3.8, 4) is 0 Å². The van der Waals surface area contributed by atoms with Gasteiger partial charge < -0.3 is 0 Å². The summed E-state index contributed by atoms with van der Waals surface area (Å²) in [5, 5.41) is 6.97. The lowest BCUT2D eigenvalue weighted by Crippen LogP contribution is -2.18. The van der Waals surface area contributed by atoms with Gasteiger partial charge in [-0.1, -0.05) is 71.4 Å². The number of rotatable bonds is 4. The van der Waals surface area contributed by atoms with E-state index in [2.05, 4.69) is 114 Å². The molecule has 3 rings (SSSR count). The number of nitrogens with zero attached hydrogens (tertiary/aromatic N) is 1. The van der Waals surface area contributed by atoms with Crippen molar-refractivity contribution < 1.29 is 0 Å². The predicted molar refractivity (Wildman–Crippen MR) is 129 cm³/mol. The lowest BCUT2D eigenvalue weighted by Gasteiger charge is -2.26. The Morgan fingerprint density at radius 2 is 1.41 bits per heavy atom. The highest BCUT2D eigenvalue weighted by atomic mass is 32.1. The highest BCUT2D eigenvalue weighted by Gasteiger charge is 2.22. The standard InChI is InChI=1S/C26H32N2S/c1-18-10-12-22(13-11-18)27-28-24(23-9-8-14-29-23)19-15-20(25(2,3)4)17-21(16-19)26(5,6)7/h8-17,27H,1-7H3/b28-24-. The summed E-state index contributed by atoms with van der Waals surface area (Å²) < 4.78 is 0. The molecule has 0 atom stereocenters. The summed E-state index contributed by atoms with van der Waals surface area (Å²) in [7, 11) is 0. The zero-order valence-electron chi connectivity index (χ0n) is 18.6. The van der Waals surface area contributed by atoms with E-state index in [1.807, 2.05) is 0 Å². The number of thiophene rings is 1. The van der Waals surface area contributed by atoms with E-state index >= 15 is 0 Å². The van der Waals surface area contributed by atoms with Crippen LogP contribution in [0.3, 0.4) is 0 Å². The summed E-state index contributed by atoms with van der Waals surface area (Å²) in [6.07, 6.45) is 0. The van der Waals surface area contributed by atoms with Crippen molar-refractivity contribution in [2.24, 2.45) is 5.10 Å². The Hall–Kier alpha value is -2.39. The molecular formula is C26H32N2S. The highest BCUT2D eigenvalue weighted by Crippen LogP contribution is 2.31. The maximum absolute atomic E-state index is 4.86. The topological polar surface area (TPSA) is 24.4 Å². The van der Waals surface area contributed by atoms with Gasteiger partial charge in [0.15, 0.2) is 0 Å². The number of aryl methyl sites for hydroxylation is 1. The van der Waals surface area contributed by atoms with E-state index in [1.165, 1.54) is 16.7 Å². The molecule has 3 aromatic rings. The maximum Gasteiger partial charge on any atom is 0.108 e. The highest BCUT2D eigenvalue weighted by molar-refractivity contribution is 7.12. The largest absolute Gasteiger partial charge is 0.278 e. The Morgan fingerprint density at radius 1 is 0.828 bits per heavy atom. The van der Waals surface area contributed by atoms with E-state index in [0.29, 0.717) is 0 Å². The van der Waals surface area contributed by atoms with Crippen molar-refractivity contribution >= 4 is 22.7 Å². The van der Waals surface area contributed by atoms with Crippen molar-refractivity contribution in [3.63, 3.8) is 0 Å². The molecule has 3 heteroatoms. The van der Waals surface area contributed by atoms with Gasteiger partial charge in [-0.3, -0.25) is 5.43 Å². The number of anilines is 1. The molecule has 0 radical (unpaired) electrons. The van der Waals surface area contributed by atoms with Gasteiger partial charge >= 0.3 is 0 Å². The first-order valence-electron chi connectivity index (χ1n) is 10.1. The van der Waals surface area contributed by atoms with Crippen molar-refractivity contribution in [1.29, 1.82) is 0 Å². The maximum atomic E-state index is 4.86. The molecule has 1 aromatic heterocycles. The molecular weight excluding hydrogens is 372 g/mol. The molecule has 0 aliphatic carbocycles. The second kappa shape index (κ2) is 8.16.